The molecule has 0 N–H and O–H groups in total. The number of ether oxygens (including phenoxy) is 1. The Morgan fingerprint density at radius 1 is 1.33 bits per heavy atom. The molecule has 1 amide bonds. The highest BCUT2D eigenvalue weighted by atomic mass is 32.1. The first-order valence-corrected chi connectivity index (χ1v) is 7.86. The lowest BCUT2D eigenvalue weighted by atomic mass is 9.98. The molecule has 0 bridgehead atoms. The van der Waals surface area contributed by atoms with E-state index < -0.39 is 0 Å². The van der Waals surface area contributed by atoms with E-state index in [9.17, 15) is 9.59 Å². The molecule has 0 aliphatic carbocycles. The van der Waals surface area contributed by atoms with Crippen LogP contribution in [-0.2, 0) is 9.53 Å². The third-order valence-corrected chi connectivity index (χ3v) is 4.98. The van der Waals surface area contributed by atoms with Gasteiger partial charge in [-0.1, -0.05) is 18.2 Å². The van der Waals surface area contributed by atoms with E-state index in [2.05, 4.69) is 0 Å². The highest BCUT2D eigenvalue weighted by Crippen LogP contribution is 2.28. The maximum absolute atomic E-state index is 12.6. The van der Waals surface area contributed by atoms with Crippen LogP contribution in [0.5, 0.6) is 0 Å². The third-order valence-electron chi connectivity index (χ3n) is 3.88. The molecule has 1 saturated heterocycles. The van der Waals surface area contributed by atoms with Crippen molar-refractivity contribution in [2.45, 2.75) is 12.8 Å². The number of rotatable bonds is 2. The van der Waals surface area contributed by atoms with Gasteiger partial charge in [-0.05, 0) is 30.4 Å². The molecule has 2 heterocycles. The van der Waals surface area contributed by atoms with Gasteiger partial charge < -0.3 is 9.64 Å². The normalized spacial score (nSPS) is 18.7. The highest BCUT2D eigenvalue weighted by Gasteiger charge is 2.30. The molecule has 1 aliphatic heterocycles. The van der Waals surface area contributed by atoms with E-state index >= 15 is 0 Å². The van der Waals surface area contributed by atoms with Gasteiger partial charge in [-0.15, -0.1) is 11.3 Å². The van der Waals surface area contributed by atoms with Crippen molar-refractivity contribution in [1.29, 1.82) is 0 Å². The molecule has 0 radical (unpaired) electrons. The van der Waals surface area contributed by atoms with Gasteiger partial charge in [-0.25, -0.2) is 0 Å². The van der Waals surface area contributed by atoms with E-state index in [4.69, 9.17) is 4.74 Å². The first-order valence-electron chi connectivity index (χ1n) is 7.04. The number of benzene rings is 1. The van der Waals surface area contributed by atoms with Crippen LogP contribution < -0.4 is 0 Å². The summed E-state index contributed by atoms with van der Waals surface area (Å²) in [6, 6.07) is 9.91. The minimum atomic E-state index is -0.219. The fraction of sp³-hybridized carbons (Fsp3) is 0.375. The van der Waals surface area contributed by atoms with Crippen molar-refractivity contribution in [2.75, 3.05) is 20.2 Å². The monoisotopic (exact) mass is 303 g/mol. The molecule has 2 aromatic rings. The minimum absolute atomic E-state index is 0.0183. The maximum atomic E-state index is 12.6. The van der Waals surface area contributed by atoms with Crippen molar-refractivity contribution in [3.63, 3.8) is 0 Å². The van der Waals surface area contributed by atoms with Crippen molar-refractivity contribution in [3.8, 4) is 0 Å². The van der Waals surface area contributed by atoms with Gasteiger partial charge in [0.1, 0.15) is 0 Å². The zero-order valence-corrected chi connectivity index (χ0v) is 12.7. The molecule has 21 heavy (non-hydrogen) atoms. The number of fused-ring (bicyclic) bond motifs is 1. The number of thiophene rings is 1. The van der Waals surface area contributed by atoms with E-state index in [1.165, 1.54) is 18.4 Å². The number of hydrogen-bond donors (Lipinski definition) is 0. The quantitative estimate of drug-likeness (QED) is 0.801. The van der Waals surface area contributed by atoms with Crippen LogP contribution >= 0.6 is 11.3 Å². The Morgan fingerprint density at radius 3 is 2.90 bits per heavy atom. The first kappa shape index (κ1) is 14.1. The van der Waals surface area contributed by atoms with Gasteiger partial charge in [0.2, 0.25) is 0 Å². The van der Waals surface area contributed by atoms with Crippen LogP contribution in [0, 0.1) is 5.92 Å². The van der Waals surface area contributed by atoms with Gasteiger partial charge >= 0.3 is 5.97 Å². The summed E-state index contributed by atoms with van der Waals surface area (Å²) in [6.45, 7) is 1.17. The molecule has 1 fully saturated rings. The van der Waals surface area contributed by atoms with Crippen LogP contribution in [0.1, 0.15) is 22.5 Å². The highest BCUT2D eigenvalue weighted by molar-refractivity contribution is 7.20. The Hall–Kier alpha value is -1.88. The van der Waals surface area contributed by atoms with Gasteiger partial charge in [-0.2, -0.15) is 0 Å². The molecule has 1 aromatic heterocycles. The lowest BCUT2D eigenvalue weighted by molar-refractivity contribution is -0.146. The molecular formula is C16H17NO3S. The first-order chi connectivity index (χ1) is 10.2. The summed E-state index contributed by atoms with van der Waals surface area (Å²) >= 11 is 1.51. The second-order valence-electron chi connectivity index (χ2n) is 5.26. The zero-order chi connectivity index (χ0) is 14.8. The minimum Gasteiger partial charge on any atom is -0.469 e. The maximum Gasteiger partial charge on any atom is 0.310 e. The van der Waals surface area contributed by atoms with Crippen LogP contribution in [0.4, 0.5) is 0 Å². The summed E-state index contributed by atoms with van der Waals surface area (Å²) in [5.74, 6) is -0.393. The van der Waals surface area contributed by atoms with Crippen molar-refractivity contribution < 1.29 is 14.3 Å². The van der Waals surface area contributed by atoms with E-state index in [0.717, 1.165) is 27.8 Å². The molecule has 1 atom stereocenters. The Kier molecular flexibility index (Phi) is 3.92. The SMILES string of the molecule is COC(=O)C1CCCN(C(=O)c2cc3ccccc3s2)C1. The fourth-order valence-electron chi connectivity index (χ4n) is 2.76. The summed E-state index contributed by atoms with van der Waals surface area (Å²) < 4.78 is 5.91. The van der Waals surface area contributed by atoms with Gasteiger partial charge in [0.15, 0.2) is 0 Å². The lowest BCUT2D eigenvalue weighted by Gasteiger charge is -2.31. The van der Waals surface area contributed by atoms with E-state index in [1.807, 2.05) is 30.3 Å². The average Bonchev–Trinajstić information content (AvgIpc) is 2.97. The van der Waals surface area contributed by atoms with Crippen LogP contribution in [0.3, 0.4) is 0 Å². The van der Waals surface area contributed by atoms with E-state index in [-0.39, 0.29) is 17.8 Å². The molecule has 0 spiro atoms. The molecule has 5 heteroatoms. The largest absolute Gasteiger partial charge is 0.469 e. The molecule has 3 rings (SSSR count). The van der Waals surface area contributed by atoms with E-state index in [1.54, 1.807) is 4.90 Å². The Bertz CT molecular complexity index is 646. The van der Waals surface area contributed by atoms with Crippen LogP contribution in [0.15, 0.2) is 30.3 Å². The number of nitrogens with zero attached hydrogens (tertiary/aromatic N) is 1. The molecule has 110 valence electrons. The average molecular weight is 303 g/mol. The predicted molar refractivity (Wildman–Crippen MR) is 82.5 cm³/mol. The number of esters is 1. The predicted octanol–water partition coefficient (Wildman–Crippen LogP) is 2.93. The Labute approximate surface area is 127 Å². The van der Waals surface area contributed by atoms with Crippen molar-refractivity contribution in [3.05, 3.63) is 35.2 Å². The van der Waals surface area contributed by atoms with Gasteiger partial charge in [0.05, 0.1) is 17.9 Å². The topological polar surface area (TPSA) is 46.6 Å². The smallest absolute Gasteiger partial charge is 0.310 e. The lowest BCUT2D eigenvalue weighted by Crippen LogP contribution is -2.42. The summed E-state index contributed by atoms with van der Waals surface area (Å²) in [5.41, 5.74) is 0. The van der Waals surface area contributed by atoms with Crippen LogP contribution in [0.2, 0.25) is 0 Å². The summed E-state index contributed by atoms with van der Waals surface area (Å²) in [6.07, 6.45) is 1.64. The molecule has 1 aromatic carbocycles. The molecule has 4 nitrogen and oxygen atoms in total. The van der Waals surface area contributed by atoms with Gasteiger partial charge in [0.25, 0.3) is 5.91 Å². The number of likely N-dealkylation sites (tertiary alicyclic amines) is 1. The molecule has 1 aliphatic rings. The third kappa shape index (κ3) is 2.78. The zero-order valence-electron chi connectivity index (χ0n) is 11.9. The molecule has 1 unspecified atom stereocenters. The Balaban J connectivity index is 1.79. The van der Waals surface area contributed by atoms with Crippen molar-refractivity contribution in [1.82, 2.24) is 4.90 Å². The standard InChI is InChI=1S/C16H17NO3S/c1-20-16(19)12-6-4-8-17(10-12)15(18)14-9-11-5-2-3-7-13(11)21-14/h2-3,5,7,9,12H,4,6,8,10H2,1H3. The van der Waals surface area contributed by atoms with Gasteiger partial charge in [0, 0.05) is 17.8 Å². The molecule has 0 saturated carbocycles. The number of carbonyl (C=O) groups is 2. The summed E-state index contributed by atoms with van der Waals surface area (Å²) in [5, 5.41) is 1.09. The second-order valence-corrected chi connectivity index (χ2v) is 6.35. The summed E-state index contributed by atoms with van der Waals surface area (Å²) in [7, 11) is 1.40. The number of piperidine rings is 1. The van der Waals surface area contributed by atoms with Gasteiger partial charge in [-0.3, -0.25) is 9.59 Å². The number of hydrogen-bond acceptors (Lipinski definition) is 4. The van der Waals surface area contributed by atoms with E-state index in [0.29, 0.717) is 13.1 Å². The number of amides is 1. The second kappa shape index (κ2) is 5.85. The van der Waals surface area contributed by atoms with Crippen molar-refractivity contribution in [2.24, 2.45) is 5.92 Å². The van der Waals surface area contributed by atoms with Crippen LogP contribution in [0.25, 0.3) is 10.1 Å². The van der Waals surface area contributed by atoms with Crippen LogP contribution in [-0.4, -0.2) is 37.0 Å². The molecular weight excluding hydrogens is 286 g/mol. The fourth-order valence-corrected chi connectivity index (χ4v) is 3.79. The number of methoxy groups -OCH3 is 1. The van der Waals surface area contributed by atoms with Crippen molar-refractivity contribution >= 4 is 33.3 Å². The Morgan fingerprint density at radius 2 is 2.14 bits per heavy atom. The number of carbonyl (C=O) groups excluding carboxylic acids is 2. The summed E-state index contributed by atoms with van der Waals surface area (Å²) in [4.78, 5) is 26.8.